The van der Waals surface area contributed by atoms with E-state index < -0.39 is 9.84 Å². The second kappa shape index (κ2) is 5.92. The molecule has 2 N–H and O–H groups in total. The molecule has 7 heteroatoms. The van der Waals surface area contributed by atoms with Crippen LogP contribution in [0, 0.1) is 0 Å². The highest BCUT2D eigenvalue weighted by Crippen LogP contribution is 2.10. The molecule has 0 radical (unpaired) electrons. The van der Waals surface area contributed by atoms with E-state index in [0.717, 1.165) is 11.8 Å². The first-order chi connectivity index (χ1) is 9.86. The van der Waals surface area contributed by atoms with E-state index in [1.54, 1.807) is 12.1 Å². The first-order valence-corrected chi connectivity index (χ1v) is 8.01. The molecule has 1 aromatic heterocycles. The number of nitrogens with one attached hydrogen (secondary N) is 2. The number of hydrogen-bond acceptors (Lipinski definition) is 4. The summed E-state index contributed by atoms with van der Waals surface area (Å²) in [6, 6.07) is 8.98. The minimum atomic E-state index is -3.22. The molecule has 0 aliphatic heterocycles. The highest BCUT2D eigenvalue weighted by molar-refractivity contribution is 7.90. The van der Waals surface area contributed by atoms with Gasteiger partial charge in [0.2, 0.25) is 5.56 Å². The third-order valence-electron chi connectivity index (χ3n) is 2.85. The summed E-state index contributed by atoms with van der Waals surface area (Å²) >= 11 is 0. The van der Waals surface area contributed by atoms with Gasteiger partial charge in [-0.15, -0.1) is 0 Å². The van der Waals surface area contributed by atoms with Crippen LogP contribution in [-0.2, 0) is 16.4 Å². The first kappa shape index (κ1) is 15.0. The second-order valence-electron chi connectivity index (χ2n) is 4.54. The molecule has 0 atom stereocenters. The molecule has 0 fully saturated rings. The maximum absolute atomic E-state index is 11.8. The molecule has 1 heterocycles. The van der Waals surface area contributed by atoms with Crippen molar-refractivity contribution >= 4 is 15.7 Å². The van der Waals surface area contributed by atoms with Crippen LogP contribution in [0.4, 0.5) is 0 Å². The standard InChI is InChI=1S/C14H14N2O4S/c1-21(19,20)12-5-2-10(3-6-12)8-16-14(18)11-4-7-13(17)15-9-11/h2-7,9H,8H2,1H3,(H,15,17)(H,16,18). The van der Waals surface area contributed by atoms with Crippen LogP contribution in [0.2, 0.25) is 0 Å². The van der Waals surface area contributed by atoms with Crippen molar-refractivity contribution in [3.05, 3.63) is 64.1 Å². The third-order valence-corrected chi connectivity index (χ3v) is 3.98. The van der Waals surface area contributed by atoms with E-state index in [1.807, 2.05) is 0 Å². The van der Waals surface area contributed by atoms with Gasteiger partial charge in [0.15, 0.2) is 9.84 Å². The molecule has 1 aromatic carbocycles. The number of benzene rings is 1. The molecule has 2 aromatic rings. The number of aromatic nitrogens is 1. The molecule has 0 spiro atoms. The summed E-state index contributed by atoms with van der Waals surface area (Å²) in [5, 5.41) is 2.68. The maximum Gasteiger partial charge on any atom is 0.253 e. The van der Waals surface area contributed by atoms with Crippen LogP contribution in [0.25, 0.3) is 0 Å². The molecule has 0 aliphatic rings. The number of aromatic amines is 1. The normalized spacial score (nSPS) is 11.1. The molecular weight excluding hydrogens is 292 g/mol. The summed E-state index contributed by atoms with van der Waals surface area (Å²) in [5.41, 5.74) is 0.852. The van der Waals surface area contributed by atoms with Crippen molar-refractivity contribution in [2.75, 3.05) is 6.26 Å². The van der Waals surface area contributed by atoms with E-state index >= 15 is 0 Å². The van der Waals surface area contributed by atoms with Crippen molar-refractivity contribution in [2.24, 2.45) is 0 Å². The molecule has 0 unspecified atom stereocenters. The van der Waals surface area contributed by atoms with Gasteiger partial charge in [0.25, 0.3) is 5.91 Å². The fourth-order valence-electron chi connectivity index (χ4n) is 1.69. The minimum Gasteiger partial charge on any atom is -0.348 e. The minimum absolute atomic E-state index is 0.234. The van der Waals surface area contributed by atoms with Crippen molar-refractivity contribution in [2.45, 2.75) is 11.4 Å². The van der Waals surface area contributed by atoms with Crippen LogP contribution in [0.3, 0.4) is 0 Å². The smallest absolute Gasteiger partial charge is 0.253 e. The van der Waals surface area contributed by atoms with Crippen LogP contribution < -0.4 is 10.9 Å². The van der Waals surface area contributed by atoms with Gasteiger partial charge in [0.05, 0.1) is 10.5 Å². The molecule has 1 amide bonds. The number of carbonyl (C=O) groups excluding carboxylic acids is 1. The number of sulfone groups is 1. The monoisotopic (exact) mass is 306 g/mol. The van der Waals surface area contributed by atoms with Crippen LogP contribution >= 0.6 is 0 Å². The Labute approximate surface area is 121 Å². The van der Waals surface area contributed by atoms with Crippen LogP contribution in [0.15, 0.2) is 52.3 Å². The Hall–Kier alpha value is -2.41. The van der Waals surface area contributed by atoms with Gasteiger partial charge >= 0.3 is 0 Å². The van der Waals surface area contributed by atoms with Gasteiger partial charge in [-0.2, -0.15) is 0 Å². The lowest BCUT2D eigenvalue weighted by molar-refractivity contribution is 0.0950. The van der Waals surface area contributed by atoms with Crippen molar-refractivity contribution in [1.82, 2.24) is 10.3 Å². The number of amides is 1. The largest absolute Gasteiger partial charge is 0.348 e. The number of pyridine rings is 1. The van der Waals surface area contributed by atoms with E-state index in [-0.39, 0.29) is 22.9 Å². The number of carbonyl (C=O) groups is 1. The Morgan fingerprint density at radius 3 is 2.33 bits per heavy atom. The number of rotatable bonds is 4. The SMILES string of the molecule is CS(=O)(=O)c1ccc(CNC(=O)c2ccc(=O)[nH]c2)cc1. The third kappa shape index (κ3) is 4.03. The van der Waals surface area contributed by atoms with Crippen molar-refractivity contribution < 1.29 is 13.2 Å². The molecular formula is C14H14N2O4S. The Balaban J connectivity index is 2.01. The Bertz CT molecular complexity index is 787. The Kier molecular flexibility index (Phi) is 4.23. The van der Waals surface area contributed by atoms with E-state index in [1.165, 1.54) is 30.5 Å². The van der Waals surface area contributed by atoms with Gasteiger partial charge in [-0.1, -0.05) is 12.1 Å². The molecule has 0 saturated carbocycles. The summed E-state index contributed by atoms with van der Waals surface area (Å²) in [6.45, 7) is 0.266. The quantitative estimate of drug-likeness (QED) is 0.869. The average molecular weight is 306 g/mol. The van der Waals surface area contributed by atoms with Crippen molar-refractivity contribution in [1.29, 1.82) is 0 Å². The van der Waals surface area contributed by atoms with Crippen LogP contribution in [0.5, 0.6) is 0 Å². The molecule has 2 rings (SSSR count). The van der Waals surface area contributed by atoms with Crippen LogP contribution in [-0.4, -0.2) is 25.6 Å². The molecule has 6 nitrogen and oxygen atoms in total. The zero-order chi connectivity index (χ0) is 15.5. The summed E-state index contributed by atoms with van der Waals surface area (Å²) < 4.78 is 22.6. The van der Waals surface area contributed by atoms with Crippen molar-refractivity contribution in [3.8, 4) is 0 Å². The number of H-pyrrole nitrogens is 1. The van der Waals surface area contributed by atoms with Gasteiger partial charge in [0.1, 0.15) is 0 Å². The number of hydrogen-bond donors (Lipinski definition) is 2. The Morgan fingerprint density at radius 1 is 1.14 bits per heavy atom. The topological polar surface area (TPSA) is 96.1 Å². The van der Waals surface area contributed by atoms with Gasteiger partial charge in [-0.3, -0.25) is 9.59 Å². The lowest BCUT2D eigenvalue weighted by Crippen LogP contribution is -2.23. The molecule has 110 valence electrons. The van der Waals surface area contributed by atoms with Gasteiger partial charge in [-0.05, 0) is 23.8 Å². The lowest BCUT2D eigenvalue weighted by atomic mass is 10.2. The van der Waals surface area contributed by atoms with Gasteiger partial charge in [-0.25, -0.2) is 8.42 Å². The van der Waals surface area contributed by atoms with E-state index in [9.17, 15) is 18.0 Å². The fraction of sp³-hybridized carbons (Fsp3) is 0.143. The highest BCUT2D eigenvalue weighted by Gasteiger charge is 2.07. The second-order valence-corrected chi connectivity index (χ2v) is 6.56. The average Bonchev–Trinajstić information content (AvgIpc) is 2.45. The zero-order valence-corrected chi connectivity index (χ0v) is 12.1. The molecule has 0 saturated heterocycles. The predicted molar refractivity (Wildman–Crippen MR) is 77.8 cm³/mol. The summed E-state index contributed by atoms with van der Waals surface area (Å²) in [4.78, 5) is 25.4. The first-order valence-electron chi connectivity index (χ1n) is 6.12. The fourth-order valence-corrected chi connectivity index (χ4v) is 2.32. The summed E-state index contributed by atoms with van der Waals surface area (Å²) in [6.07, 6.45) is 2.48. The van der Waals surface area contributed by atoms with Crippen LogP contribution in [0.1, 0.15) is 15.9 Å². The van der Waals surface area contributed by atoms with E-state index in [4.69, 9.17) is 0 Å². The molecule has 21 heavy (non-hydrogen) atoms. The maximum atomic E-state index is 11.8. The molecule has 0 aliphatic carbocycles. The summed E-state index contributed by atoms with van der Waals surface area (Å²) in [5.74, 6) is -0.321. The van der Waals surface area contributed by atoms with Gasteiger partial charge < -0.3 is 10.3 Å². The lowest BCUT2D eigenvalue weighted by Gasteiger charge is -2.06. The summed E-state index contributed by atoms with van der Waals surface area (Å²) in [7, 11) is -3.22. The van der Waals surface area contributed by atoms with Crippen molar-refractivity contribution in [3.63, 3.8) is 0 Å². The Morgan fingerprint density at radius 2 is 1.81 bits per heavy atom. The highest BCUT2D eigenvalue weighted by atomic mass is 32.2. The predicted octanol–water partition coefficient (Wildman–Crippen LogP) is 0.708. The molecule has 0 bridgehead atoms. The van der Waals surface area contributed by atoms with E-state index in [0.29, 0.717) is 5.56 Å². The zero-order valence-electron chi connectivity index (χ0n) is 11.3. The van der Waals surface area contributed by atoms with E-state index in [2.05, 4.69) is 10.3 Å². The van der Waals surface area contributed by atoms with Gasteiger partial charge in [0, 0.05) is 25.1 Å².